The predicted octanol–water partition coefficient (Wildman–Crippen LogP) is 3.42. The van der Waals surface area contributed by atoms with Crippen molar-refractivity contribution in [3.8, 4) is 17.2 Å². The number of ether oxygens (including phenoxy) is 3. The third kappa shape index (κ3) is 7.62. The summed E-state index contributed by atoms with van der Waals surface area (Å²) < 4.78 is 43.5. The Morgan fingerprint density at radius 3 is 2.30 bits per heavy atom. The molecule has 0 fully saturated rings. The van der Waals surface area contributed by atoms with Crippen molar-refractivity contribution in [3.05, 3.63) is 81.8 Å². The van der Waals surface area contributed by atoms with Gasteiger partial charge in [0.15, 0.2) is 11.5 Å². The second-order valence-corrected chi connectivity index (χ2v) is 10.3. The van der Waals surface area contributed by atoms with Crippen LogP contribution < -0.4 is 24.4 Å². The largest absolute Gasteiger partial charge is 0.493 e. The lowest BCUT2D eigenvalue weighted by molar-refractivity contribution is -0.119. The van der Waals surface area contributed by atoms with Gasteiger partial charge in [0.1, 0.15) is 5.75 Å². The van der Waals surface area contributed by atoms with E-state index in [1.165, 1.54) is 44.7 Å². The molecule has 0 saturated carbocycles. The second-order valence-electron chi connectivity index (χ2n) is 7.57. The molecule has 37 heavy (non-hydrogen) atoms. The lowest BCUT2D eigenvalue weighted by Gasteiger charge is -2.11. The number of carbonyl (C=O) groups is 2. The van der Waals surface area contributed by atoms with Crippen molar-refractivity contribution in [3.63, 3.8) is 0 Å². The van der Waals surface area contributed by atoms with Gasteiger partial charge in [0.05, 0.1) is 37.4 Å². The third-order valence-electron chi connectivity index (χ3n) is 4.94. The first-order valence-electron chi connectivity index (χ1n) is 10.7. The second kappa shape index (κ2) is 12.5. The lowest BCUT2D eigenvalue weighted by Crippen LogP contribution is -2.34. The smallest absolute Gasteiger partial charge is 0.343 e. The Hall–Kier alpha value is -3.74. The molecular weight excluding hydrogens is 566 g/mol. The first-order valence-corrected chi connectivity index (χ1v) is 13.0. The number of benzene rings is 3. The van der Waals surface area contributed by atoms with Crippen LogP contribution in [0.2, 0.25) is 0 Å². The molecule has 3 aromatic carbocycles. The lowest BCUT2D eigenvalue weighted by atomic mass is 10.2. The quantitative estimate of drug-likeness (QED) is 0.160. The molecule has 0 spiro atoms. The van der Waals surface area contributed by atoms with Gasteiger partial charge in [0, 0.05) is 10.0 Å². The number of hydrogen-bond acceptors (Lipinski definition) is 8. The fourth-order valence-corrected chi connectivity index (χ4v) is 4.37. The van der Waals surface area contributed by atoms with E-state index < -0.39 is 28.4 Å². The summed E-state index contributed by atoms with van der Waals surface area (Å²) in [5.74, 6) is -0.318. The van der Waals surface area contributed by atoms with E-state index in [1.54, 1.807) is 36.4 Å². The Balaban J connectivity index is 1.65. The van der Waals surface area contributed by atoms with E-state index in [1.807, 2.05) is 6.92 Å². The highest BCUT2D eigenvalue weighted by Gasteiger charge is 2.16. The zero-order chi connectivity index (χ0) is 27.0. The molecule has 0 bridgehead atoms. The van der Waals surface area contributed by atoms with Crippen LogP contribution >= 0.6 is 15.9 Å². The summed E-state index contributed by atoms with van der Waals surface area (Å²) >= 11 is 3.34. The third-order valence-corrected chi connectivity index (χ3v) is 6.85. The van der Waals surface area contributed by atoms with Crippen molar-refractivity contribution >= 4 is 44.0 Å². The molecule has 0 aliphatic heterocycles. The molecule has 0 saturated heterocycles. The zero-order valence-electron chi connectivity index (χ0n) is 20.1. The molecule has 3 rings (SSSR count). The summed E-state index contributed by atoms with van der Waals surface area (Å²) in [4.78, 5) is 24.9. The summed E-state index contributed by atoms with van der Waals surface area (Å²) in [6.07, 6.45) is 1.27. The number of nitrogens with zero attached hydrogens (tertiary/aromatic N) is 1. The van der Waals surface area contributed by atoms with Crippen molar-refractivity contribution in [2.75, 3.05) is 20.8 Å². The highest BCUT2D eigenvalue weighted by atomic mass is 79.9. The molecular formula is C25H24BrN3O7S. The first-order chi connectivity index (χ1) is 17.6. The average Bonchev–Trinajstić information content (AvgIpc) is 2.88. The topological polar surface area (TPSA) is 132 Å². The van der Waals surface area contributed by atoms with Gasteiger partial charge in [-0.05, 0) is 55.5 Å². The monoisotopic (exact) mass is 589 g/mol. The minimum atomic E-state index is -3.85. The maximum Gasteiger partial charge on any atom is 0.343 e. The minimum Gasteiger partial charge on any atom is -0.493 e. The number of rotatable bonds is 10. The number of methoxy groups -OCH3 is 2. The number of hydrazone groups is 1. The summed E-state index contributed by atoms with van der Waals surface area (Å²) in [7, 11) is -0.911. The van der Waals surface area contributed by atoms with E-state index in [-0.39, 0.29) is 16.2 Å². The van der Waals surface area contributed by atoms with Gasteiger partial charge in [0.25, 0.3) is 5.91 Å². The van der Waals surface area contributed by atoms with Crippen LogP contribution in [0.25, 0.3) is 0 Å². The molecule has 2 N–H and O–H groups in total. The maximum atomic E-state index is 12.7. The van der Waals surface area contributed by atoms with Crippen molar-refractivity contribution in [1.29, 1.82) is 0 Å². The SMILES string of the molecule is COc1ccc(C(=O)Oc2ccc(Br)cc2C=NNC(=O)CNS(=O)(=O)c2ccc(C)cc2)cc1OC. The number of aryl methyl sites for hydroxylation is 1. The van der Waals surface area contributed by atoms with Crippen molar-refractivity contribution in [2.45, 2.75) is 11.8 Å². The summed E-state index contributed by atoms with van der Waals surface area (Å²) in [5.41, 5.74) is 3.76. The Bertz CT molecular complexity index is 1420. The van der Waals surface area contributed by atoms with Gasteiger partial charge in [-0.1, -0.05) is 33.6 Å². The van der Waals surface area contributed by atoms with Crippen LogP contribution in [0.1, 0.15) is 21.5 Å². The van der Waals surface area contributed by atoms with Gasteiger partial charge in [-0.25, -0.2) is 23.4 Å². The van der Waals surface area contributed by atoms with Crippen LogP contribution in [-0.4, -0.2) is 47.3 Å². The number of carbonyl (C=O) groups excluding carboxylic acids is 2. The fraction of sp³-hybridized carbons (Fsp3) is 0.160. The highest BCUT2D eigenvalue weighted by molar-refractivity contribution is 9.10. The van der Waals surface area contributed by atoms with Crippen LogP contribution in [0.3, 0.4) is 0 Å². The summed E-state index contributed by atoms with van der Waals surface area (Å²) in [6, 6.07) is 15.7. The summed E-state index contributed by atoms with van der Waals surface area (Å²) in [5, 5.41) is 3.85. The Morgan fingerprint density at radius 1 is 0.946 bits per heavy atom. The van der Waals surface area contributed by atoms with Crippen LogP contribution in [-0.2, 0) is 14.8 Å². The zero-order valence-corrected chi connectivity index (χ0v) is 22.6. The number of sulfonamides is 1. The van der Waals surface area contributed by atoms with Crippen LogP contribution in [0.5, 0.6) is 17.2 Å². The fourth-order valence-electron chi connectivity index (χ4n) is 3.01. The van der Waals surface area contributed by atoms with E-state index in [9.17, 15) is 18.0 Å². The van der Waals surface area contributed by atoms with Gasteiger partial charge in [-0.3, -0.25) is 4.79 Å². The molecule has 0 aliphatic rings. The molecule has 3 aromatic rings. The molecule has 0 atom stereocenters. The van der Waals surface area contributed by atoms with Gasteiger partial charge < -0.3 is 14.2 Å². The van der Waals surface area contributed by atoms with E-state index in [2.05, 4.69) is 31.2 Å². The van der Waals surface area contributed by atoms with Gasteiger partial charge in [-0.15, -0.1) is 0 Å². The van der Waals surface area contributed by atoms with Crippen LogP contribution in [0.4, 0.5) is 0 Å². The molecule has 12 heteroatoms. The van der Waals surface area contributed by atoms with E-state index in [0.29, 0.717) is 21.5 Å². The number of nitrogens with one attached hydrogen (secondary N) is 2. The van der Waals surface area contributed by atoms with Crippen molar-refractivity contribution < 1.29 is 32.2 Å². The van der Waals surface area contributed by atoms with Crippen molar-refractivity contribution in [1.82, 2.24) is 10.1 Å². The molecule has 0 aliphatic carbocycles. The summed E-state index contributed by atoms with van der Waals surface area (Å²) in [6.45, 7) is 1.32. The first kappa shape index (κ1) is 27.8. The maximum absolute atomic E-state index is 12.7. The Kier molecular flexibility index (Phi) is 9.39. The number of amides is 1. The van der Waals surface area contributed by atoms with Gasteiger partial charge in [-0.2, -0.15) is 5.10 Å². The molecule has 0 heterocycles. The van der Waals surface area contributed by atoms with Gasteiger partial charge >= 0.3 is 5.97 Å². The average molecular weight is 590 g/mol. The molecule has 10 nitrogen and oxygen atoms in total. The minimum absolute atomic E-state index is 0.0458. The van der Waals surface area contributed by atoms with E-state index in [4.69, 9.17) is 14.2 Å². The molecule has 0 aromatic heterocycles. The highest BCUT2D eigenvalue weighted by Crippen LogP contribution is 2.29. The normalized spacial score (nSPS) is 11.2. The number of esters is 1. The number of halogens is 1. The predicted molar refractivity (Wildman–Crippen MR) is 141 cm³/mol. The molecule has 0 radical (unpaired) electrons. The molecule has 1 amide bonds. The van der Waals surface area contributed by atoms with E-state index >= 15 is 0 Å². The molecule has 194 valence electrons. The van der Waals surface area contributed by atoms with Crippen LogP contribution in [0, 0.1) is 6.92 Å². The number of hydrogen-bond donors (Lipinski definition) is 2. The van der Waals surface area contributed by atoms with E-state index in [0.717, 1.165) is 5.56 Å². The Morgan fingerprint density at radius 2 is 1.62 bits per heavy atom. The van der Waals surface area contributed by atoms with Crippen molar-refractivity contribution in [2.24, 2.45) is 5.10 Å². The standard InChI is InChI=1S/C25H24BrN3O7S/c1-16-4-8-20(9-5-16)37(32,33)28-15-24(30)29-27-14-18-12-19(26)7-11-21(18)36-25(31)17-6-10-22(34-2)23(13-17)35-3/h4-14,28H,15H2,1-3H3,(H,29,30). The Labute approximate surface area is 222 Å². The van der Waals surface area contributed by atoms with Gasteiger partial charge in [0.2, 0.25) is 10.0 Å². The molecule has 0 unspecified atom stereocenters. The van der Waals surface area contributed by atoms with Crippen LogP contribution in [0.15, 0.2) is 75.1 Å².